The molecule has 0 unspecified atom stereocenters. The van der Waals surface area contributed by atoms with Crippen molar-refractivity contribution in [3.63, 3.8) is 0 Å². The van der Waals surface area contributed by atoms with E-state index in [2.05, 4.69) is 10.2 Å². The summed E-state index contributed by atoms with van der Waals surface area (Å²) in [5.74, 6) is 0. The van der Waals surface area contributed by atoms with Gasteiger partial charge in [0, 0.05) is 11.3 Å². The monoisotopic (exact) mass is 286 g/mol. The zero-order chi connectivity index (χ0) is 14.9. The van der Waals surface area contributed by atoms with E-state index < -0.39 is 0 Å². The molecule has 106 valence electrons. The third-order valence-corrected chi connectivity index (χ3v) is 3.66. The lowest BCUT2D eigenvalue weighted by atomic mass is 10.0. The van der Waals surface area contributed by atoms with E-state index in [-0.39, 0.29) is 0 Å². The van der Waals surface area contributed by atoms with Crippen LogP contribution in [0.15, 0.2) is 72.8 Å². The lowest BCUT2D eigenvalue weighted by Crippen LogP contribution is -1.98. The van der Waals surface area contributed by atoms with E-state index in [1.807, 2.05) is 72.8 Å². The van der Waals surface area contributed by atoms with Crippen LogP contribution in [-0.2, 0) is 0 Å². The van der Waals surface area contributed by atoms with Gasteiger partial charge in [-0.25, -0.2) is 0 Å². The summed E-state index contributed by atoms with van der Waals surface area (Å²) >= 11 is 0. The first-order valence-corrected chi connectivity index (χ1v) is 7.09. The Balaban J connectivity index is 1.74. The fourth-order valence-electron chi connectivity index (χ4n) is 2.51. The van der Waals surface area contributed by atoms with Gasteiger partial charge in [0.25, 0.3) is 0 Å². The average molecular weight is 286 g/mol. The third kappa shape index (κ3) is 2.11. The van der Waals surface area contributed by atoms with Crippen LogP contribution in [0.4, 0.5) is 5.69 Å². The van der Waals surface area contributed by atoms with Crippen molar-refractivity contribution < 1.29 is 0 Å². The van der Waals surface area contributed by atoms with Crippen molar-refractivity contribution in [1.82, 2.24) is 15.0 Å². The summed E-state index contributed by atoms with van der Waals surface area (Å²) in [6, 6.07) is 23.8. The first-order valence-electron chi connectivity index (χ1n) is 7.09. The van der Waals surface area contributed by atoms with Gasteiger partial charge in [-0.05, 0) is 35.9 Å². The molecule has 0 radical (unpaired) electrons. The van der Waals surface area contributed by atoms with E-state index in [9.17, 15) is 0 Å². The van der Waals surface area contributed by atoms with Crippen LogP contribution in [0.25, 0.3) is 27.8 Å². The fourth-order valence-corrected chi connectivity index (χ4v) is 2.51. The van der Waals surface area contributed by atoms with Crippen LogP contribution < -0.4 is 5.73 Å². The smallest absolute Gasteiger partial charge is 0.113 e. The second-order valence-electron chi connectivity index (χ2n) is 5.11. The molecule has 4 nitrogen and oxygen atoms in total. The van der Waals surface area contributed by atoms with Crippen LogP contribution in [0.2, 0.25) is 0 Å². The number of aromatic nitrogens is 3. The van der Waals surface area contributed by atoms with Gasteiger partial charge < -0.3 is 5.73 Å². The summed E-state index contributed by atoms with van der Waals surface area (Å²) in [6.45, 7) is 0. The molecular formula is C18H14N4. The minimum Gasteiger partial charge on any atom is -0.398 e. The minimum absolute atomic E-state index is 0.776. The molecule has 22 heavy (non-hydrogen) atoms. The third-order valence-electron chi connectivity index (χ3n) is 3.66. The topological polar surface area (TPSA) is 56.7 Å². The zero-order valence-electron chi connectivity index (χ0n) is 11.8. The standard InChI is InChI=1S/C18H14N4/c19-16-6-2-1-5-15(16)13-9-11-14(12-10-13)22-20-17-7-3-4-8-18(17)21-22/h1-12H,19H2. The summed E-state index contributed by atoms with van der Waals surface area (Å²) in [7, 11) is 0. The number of anilines is 1. The maximum atomic E-state index is 6.02. The molecule has 3 aromatic carbocycles. The van der Waals surface area contributed by atoms with Gasteiger partial charge >= 0.3 is 0 Å². The van der Waals surface area contributed by atoms with Crippen LogP contribution in [0.1, 0.15) is 0 Å². The maximum absolute atomic E-state index is 6.02. The summed E-state index contributed by atoms with van der Waals surface area (Å²) in [5.41, 5.74) is 11.6. The Morgan fingerprint density at radius 3 is 1.91 bits per heavy atom. The van der Waals surface area contributed by atoms with Crippen LogP contribution in [0.3, 0.4) is 0 Å². The molecule has 4 heteroatoms. The SMILES string of the molecule is Nc1ccccc1-c1ccc(-n2nc3ccccc3n2)cc1. The van der Waals surface area contributed by atoms with Crippen molar-refractivity contribution in [2.45, 2.75) is 0 Å². The van der Waals surface area contributed by atoms with E-state index in [4.69, 9.17) is 5.73 Å². The number of hydrogen-bond donors (Lipinski definition) is 1. The Hall–Kier alpha value is -3.14. The number of rotatable bonds is 2. The van der Waals surface area contributed by atoms with Crippen molar-refractivity contribution in [3.05, 3.63) is 72.8 Å². The van der Waals surface area contributed by atoms with Crippen LogP contribution in [-0.4, -0.2) is 15.0 Å². The Labute approximate surface area is 127 Å². The Morgan fingerprint density at radius 2 is 1.27 bits per heavy atom. The van der Waals surface area contributed by atoms with Gasteiger partial charge in [-0.2, -0.15) is 4.80 Å². The first kappa shape index (κ1) is 12.6. The molecule has 0 saturated heterocycles. The van der Waals surface area contributed by atoms with Gasteiger partial charge in [-0.3, -0.25) is 0 Å². The molecule has 4 rings (SSSR count). The van der Waals surface area contributed by atoms with Gasteiger partial charge in [0.1, 0.15) is 11.0 Å². The number of benzene rings is 3. The Morgan fingerprint density at radius 1 is 0.682 bits per heavy atom. The minimum atomic E-state index is 0.776. The second kappa shape index (κ2) is 5.00. The largest absolute Gasteiger partial charge is 0.398 e. The normalized spacial score (nSPS) is 10.9. The molecular weight excluding hydrogens is 272 g/mol. The molecule has 0 aliphatic heterocycles. The lowest BCUT2D eigenvalue weighted by molar-refractivity contribution is 0.766. The Bertz CT molecular complexity index is 906. The molecule has 0 bridgehead atoms. The number of nitrogens with zero attached hydrogens (tertiary/aromatic N) is 3. The number of fused-ring (bicyclic) bond motifs is 1. The molecule has 4 aromatic rings. The molecule has 0 spiro atoms. The molecule has 0 aliphatic carbocycles. The average Bonchev–Trinajstić information content (AvgIpc) is 2.99. The lowest BCUT2D eigenvalue weighted by Gasteiger charge is -2.06. The molecule has 0 atom stereocenters. The molecule has 0 saturated carbocycles. The predicted molar refractivity (Wildman–Crippen MR) is 88.7 cm³/mol. The van der Waals surface area contributed by atoms with Crippen LogP contribution >= 0.6 is 0 Å². The number of nitrogen functional groups attached to an aromatic ring is 1. The highest BCUT2D eigenvalue weighted by Crippen LogP contribution is 2.26. The van der Waals surface area contributed by atoms with Crippen molar-refractivity contribution in [3.8, 4) is 16.8 Å². The number of para-hydroxylation sites is 1. The quantitative estimate of drug-likeness (QED) is 0.572. The van der Waals surface area contributed by atoms with Crippen LogP contribution in [0, 0.1) is 0 Å². The van der Waals surface area contributed by atoms with Crippen molar-refractivity contribution in [1.29, 1.82) is 0 Å². The van der Waals surface area contributed by atoms with Crippen molar-refractivity contribution in [2.24, 2.45) is 0 Å². The fraction of sp³-hybridized carbons (Fsp3) is 0. The second-order valence-corrected chi connectivity index (χ2v) is 5.11. The predicted octanol–water partition coefficient (Wildman–Crippen LogP) is 3.67. The highest BCUT2D eigenvalue weighted by Gasteiger charge is 2.05. The highest BCUT2D eigenvalue weighted by atomic mass is 15.5. The van der Waals surface area contributed by atoms with E-state index in [0.717, 1.165) is 33.5 Å². The highest BCUT2D eigenvalue weighted by molar-refractivity contribution is 5.77. The summed E-state index contributed by atoms with van der Waals surface area (Å²) in [5, 5.41) is 8.97. The van der Waals surface area contributed by atoms with Crippen molar-refractivity contribution in [2.75, 3.05) is 5.73 Å². The molecule has 0 fully saturated rings. The molecule has 2 N–H and O–H groups in total. The number of nitrogens with two attached hydrogens (primary N) is 1. The summed E-state index contributed by atoms with van der Waals surface area (Å²) in [6.07, 6.45) is 0. The van der Waals surface area contributed by atoms with Crippen LogP contribution in [0.5, 0.6) is 0 Å². The van der Waals surface area contributed by atoms with Gasteiger partial charge in [0.15, 0.2) is 0 Å². The van der Waals surface area contributed by atoms with Gasteiger partial charge in [0.2, 0.25) is 0 Å². The number of hydrogen-bond acceptors (Lipinski definition) is 3. The van der Waals surface area contributed by atoms with Crippen molar-refractivity contribution >= 4 is 16.7 Å². The summed E-state index contributed by atoms with van der Waals surface area (Å²) < 4.78 is 0. The summed E-state index contributed by atoms with van der Waals surface area (Å²) in [4.78, 5) is 1.66. The van der Waals surface area contributed by atoms with E-state index in [0.29, 0.717) is 0 Å². The van der Waals surface area contributed by atoms with Gasteiger partial charge in [0.05, 0.1) is 5.69 Å². The Kier molecular flexibility index (Phi) is 2.86. The molecule has 1 heterocycles. The van der Waals surface area contributed by atoms with E-state index in [1.54, 1.807) is 4.80 Å². The molecule has 0 aliphatic rings. The molecule has 1 aromatic heterocycles. The zero-order valence-corrected chi connectivity index (χ0v) is 11.8. The van der Waals surface area contributed by atoms with Gasteiger partial charge in [-0.1, -0.05) is 42.5 Å². The van der Waals surface area contributed by atoms with E-state index >= 15 is 0 Å². The van der Waals surface area contributed by atoms with Gasteiger partial charge in [-0.15, -0.1) is 10.2 Å². The molecule has 0 amide bonds. The maximum Gasteiger partial charge on any atom is 0.113 e. The first-order chi connectivity index (χ1) is 10.8. The van der Waals surface area contributed by atoms with E-state index in [1.165, 1.54) is 0 Å².